The van der Waals surface area contributed by atoms with Crippen LogP contribution in [0.3, 0.4) is 0 Å². The van der Waals surface area contributed by atoms with Crippen LogP contribution in [0.4, 0.5) is 15.8 Å². The number of benzene rings is 4. The van der Waals surface area contributed by atoms with Gasteiger partial charge in [-0.1, -0.05) is 36.4 Å². The molecule has 2 amide bonds. The van der Waals surface area contributed by atoms with E-state index in [1.807, 2.05) is 0 Å². The van der Waals surface area contributed by atoms with Crippen LogP contribution in [0, 0.1) is 5.82 Å². The van der Waals surface area contributed by atoms with E-state index in [9.17, 15) is 28.7 Å². The van der Waals surface area contributed by atoms with E-state index in [0.717, 1.165) is 0 Å². The summed E-state index contributed by atoms with van der Waals surface area (Å²) in [4.78, 5) is 50.7. The summed E-state index contributed by atoms with van der Waals surface area (Å²) in [5.74, 6) is -3.01. The lowest BCUT2D eigenvalue weighted by Gasteiger charge is -2.18. The molecule has 0 spiro atoms. The first-order valence-corrected chi connectivity index (χ1v) is 12.4. The van der Waals surface area contributed by atoms with Gasteiger partial charge in [0.1, 0.15) is 5.82 Å². The van der Waals surface area contributed by atoms with Crippen LogP contribution in [0.2, 0.25) is 0 Å². The zero-order chi connectivity index (χ0) is 29.5. The number of carbonyl (C=O) groups excluding carboxylic acids is 3. The van der Waals surface area contributed by atoms with Gasteiger partial charge in [-0.3, -0.25) is 9.59 Å². The molecule has 4 aromatic rings. The summed E-state index contributed by atoms with van der Waals surface area (Å²) in [5.41, 5.74) is 2.27. The third-order valence-corrected chi connectivity index (χ3v) is 6.26. The fourth-order valence-electron chi connectivity index (χ4n) is 3.96. The van der Waals surface area contributed by atoms with E-state index in [-0.39, 0.29) is 22.7 Å². The largest absolute Gasteiger partial charge is 0.478 e. The van der Waals surface area contributed by atoms with Gasteiger partial charge in [0.2, 0.25) is 0 Å². The normalized spacial score (nSPS) is 10.7. The zero-order valence-electron chi connectivity index (χ0n) is 22.1. The first-order chi connectivity index (χ1) is 19.7. The van der Waals surface area contributed by atoms with Gasteiger partial charge >= 0.3 is 11.9 Å². The lowest BCUT2D eigenvalue weighted by molar-refractivity contribution is 0.0599. The van der Waals surface area contributed by atoms with Crippen molar-refractivity contribution in [3.8, 4) is 0 Å². The molecule has 0 fully saturated rings. The minimum absolute atomic E-state index is 0.0947. The number of amides is 2. The number of esters is 1. The molecule has 206 valence electrons. The second kappa shape index (κ2) is 12.5. The number of ether oxygens (including phenoxy) is 1. The van der Waals surface area contributed by atoms with Gasteiger partial charge in [0.15, 0.2) is 0 Å². The maximum absolute atomic E-state index is 13.9. The first kappa shape index (κ1) is 28.4. The van der Waals surface area contributed by atoms with E-state index in [1.54, 1.807) is 49.5 Å². The number of carboxylic acid groups (broad SMARTS) is 1. The minimum Gasteiger partial charge on any atom is -0.478 e. The highest BCUT2D eigenvalue weighted by Gasteiger charge is 2.17. The Morgan fingerprint density at radius 1 is 0.829 bits per heavy atom. The van der Waals surface area contributed by atoms with Gasteiger partial charge in [0.05, 0.1) is 23.9 Å². The number of carbonyl (C=O) groups is 4. The van der Waals surface area contributed by atoms with E-state index in [1.165, 1.54) is 72.7 Å². The van der Waals surface area contributed by atoms with E-state index in [4.69, 9.17) is 0 Å². The van der Waals surface area contributed by atoms with Crippen molar-refractivity contribution in [2.45, 2.75) is 0 Å². The summed E-state index contributed by atoms with van der Waals surface area (Å²) >= 11 is 0. The molecule has 0 aliphatic heterocycles. The average molecular weight is 553 g/mol. The van der Waals surface area contributed by atoms with Gasteiger partial charge in [-0.2, -0.15) is 0 Å². The molecule has 0 saturated heterocycles. The predicted octanol–water partition coefficient (Wildman–Crippen LogP) is 6.01. The lowest BCUT2D eigenvalue weighted by atomic mass is 10.1. The van der Waals surface area contributed by atoms with Crippen molar-refractivity contribution in [1.82, 2.24) is 0 Å². The molecule has 4 rings (SSSR count). The summed E-state index contributed by atoms with van der Waals surface area (Å²) < 4.78 is 18.5. The van der Waals surface area contributed by atoms with E-state index in [0.29, 0.717) is 27.9 Å². The maximum Gasteiger partial charge on any atom is 0.337 e. The Hall–Kier alpha value is -5.57. The smallest absolute Gasteiger partial charge is 0.337 e. The molecule has 8 nitrogen and oxygen atoms in total. The van der Waals surface area contributed by atoms with Gasteiger partial charge in [-0.05, 0) is 72.3 Å². The second-order valence-electron chi connectivity index (χ2n) is 8.90. The van der Waals surface area contributed by atoms with Crippen LogP contribution in [-0.2, 0) is 4.74 Å². The molecule has 0 heterocycles. The maximum atomic E-state index is 13.9. The van der Waals surface area contributed by atoms with Crippen molar-refractivity contribution in [2.24, 2.45) is 0 Å². The Morgan fingerprint density at radius 2 is 1.46 bits per heavy atom. The number of halogens is 1. The quantitative estimate of drug-likeness (QED) is 0.205. The number of rotatable bonds is 8. The number of aromatic carboxylic acids is 1. The van der Waals surface area contributed by atoms with Crippen LogP contribution in [0.25, 0.3) is 12.2 Å². The van der Waals surface area contributed by atoms with E-state index in [2.05, 4.69) is 10.1 Å². The van der Waals surface area contributed by atoms with Gasteiger partial charge < -0.3 is 20.1 Å². The molecular weight excluding hydrogens is 527 g/mol. The second-order valence-corrected chi connectivity index (χ2v) is 8.90. The molecule has 2 N–H and O–H groups in total. The highest BCUT2D eigenvalue weighted by molar-refractivity contribution is 6.09. The highest BCUT2D eigenvalue weighted by Crippen LogP contribution is 2.22. The van der Waals surface area contributed by atoms with Crippen molar-refractivity contribution in [3.05, 3.63) is 130 Å². The molecule has 0 saturated carbocycles. The molecule has 0 unspecified atom stereocenters. The van der Waals surface area contributed by atoms with E-state index >= 15 is 0 Å². The van der Waals surface area contributed by atoms with Crippen LogP contribution in [0.1, 0.15) is 52.6 Å². The Kier molecular flexibility index (Phi) is 8.69. The van der Waals surface area contributed by atoms with E-state index < -0.39 is 23.7 Å². The molecule has 0 aromatic heterocycles. The number of anilines is 2. The van der Waals surface area contributed by atoms with Crippen LogP contribution in [0.5, 0.6) is 0 Å². The number of nitrogens with one attached hydrogen (secondary N) is 1. The third kappa shape index (κ3) is 6.72. The van der Waals surface area contributed by atoms with Gasteiger partial charge in [0, 0.05) is 29.4 Å². The number of methoxy groups -OCH3 is 1. The predicted molar refractivity (Wildman–Crippen MR) is 154 cm³/mol. The van der Waals surface area contributed by atoms with Crippen molar-refractivity contribution >= 4 is 47.3 Å². The molecule has 9 heteroatoms. The summed E-state index contributed by atoms with van der Waals surface area (Å²) in [6, 6.07) is 22.9. The van der Waals surface area contributed by atoms with Crippen molar-refractivity contribution in [3.63, 3.8) is 0 Å². The summed E-state index contributed by atoms with van der Waals surface area (Å²) in [6.45, 7) is 0. The SMILES string of the molecule is COC(=O)c1ccc(C(=O)N(C)c2ccc(C(=O)Nc3ccc(/C=C/c4ccccc4F)cc3C(=O)O)cc2)cc1. The molecule has 4 aromatic carbocycles. The van der Waals surface area contributed by atoms with Crippen LogP contribution in [0.15, 0.2) is 91.0 Å². The van der Waals surface area contributed by atoms with Gasteiger partial charge in [0.25, 0.3) is 11.8 Å². The van der Waals surface area contributed by atoms with Crippen molar-refractivity contribution in [1.29, 1.82) is 0 Å². The number of hydrogen-bond donors (Lipinski definition) is 2. The Labute approximate surface area is 235 Å². The van der Waals surface area contributed by atoms with Crippen molar-refractivity contribution < 1.29 is 33.4 Å². The summed E-state index contributed by atoms with van der Waals surface area (Å²) in [5, 5.41) is 12.3. The fourth-order valence-corrected chi connectivity index (χ4v) is 3.96. The Morgan fingerprint density at radius 3 is 2.10 bits per heavy atom. The number of carboxylic acids is 1. The minimum atomic E-state index is -1.24. The Balaban J connectivity index is 1.46. The lowest BCUT2D eigenvalue weighted by Crippen LogP contribution is -2.26. The molecule has 0 aliphatic rings. The molecule has 0 atom stereocenters. The number of nitrogens with zero attached hydrogens (tertiary/aromatic N) is 1. The zero-order valence-corrected chi connectivity index (χ0v) is 22.1. The highest BCUT2D eigenvalue weighted by atomic mass is 19.1. The molecule has 0 bridgehead atoms. The third-order valence-electron chi connectivity index (χ3n) is 6.26. The molecule has 41 heavy (non-hydrogen) atoms. The summed E-state index contributed by atoms with van der Waals surface area (Å²) in [6.07, 6.45) is 3.12. The van der Waals surface area contributed by atoms with Gasteiger partial charge in [-0.15, -0.1) is 0 Å². The topological polar surface area (TPSA) is 113 Å². The standard InChI is InChI=1S/C32H25FN2O6/c1-35(30(37)23-10-12-24(13-11-23)32(40)41-2)25-16-14-22(15-17-25)29(36)34-28-18-8-20(19-26(28)31(38)39)7-9-21-5-3-4-6-27(21)33/h3-19H,1-2H3,(H,34,36)(H,38,39)/b9-7+. The fraction of sp³-hybridized carbons (Fsp3) is 0.0625. The molecule has 0 radical (unpaired) electrons. The monoisotopic (exact) mass is 552 g/mol. The summed E-state index contributed by atoms with van der Waals surface area (Å²) in [7, 11) is 2.85. The average Bonchev–Trinajstić information content (AvgIpc) is 3.00. The van der Waals surface area contributed by atoms with Gasteiger partial charge in [-0.25, -0.2) is 14.0 Å². The van der Waals surface area contributed by atoms with Crippen LogP contribution < -0.4 is 10.2 Å². The molecule has 0 aliphatic carbocycles. The van der Waals surface area contributed by atoms with Crippen LogP contribution in [-0.4, -0.2) is 43.0 Å². The van der Waals surface area contributed by atoms with Crippen molar-refractivity contribution in [2.75, 3.05) is 24.4 Å². The number of hydrogen-bond acceptors (Lipinski definition) is 5. The Bertz CT molecular complexity index is 1650. The molecular formula is C32H25FN2O6. The first-order valence-electron chi connectivity index (χ1n) is 12.4. The van der Waals surface area contributed by atoms with Crippen LogP contribution >= 0.6 is 0 Å².